The maximum Gasteiger partial charge on any atom is 0.321 e. The summed E-state index contributed by atoms with van der Waals surface area (Å²) in [6.07, 6.45) is 8.36. The number of nitrogens with zero attached hydrogens (tertiary/aromatic N) is 5. The van der Waals surface area contributed by atoms with E-state index in [0.717, 1.165) is 40.5 Å². The van der Waals surface area contributed by atoms with Crippen LogP contribution >= 0.6 is 0 Å². The lowest BCUT2D eigenvalue weighted by Crippen LogP contribution is -2.44. The van der Waals surface area contributed by atoms with Gasteiger partial charge in [0, 0.05) is 61.0 Å². The van der Waals surface area contributed by atoms with E-state index in [1.807, 2.05) is 48.1 Å². The van der Waals surface area contributed by atoms with Crippen molar-refractivity contribution in [1.29, 1.82) is 0 Å². The topological polar surface area (TPSA) is 67.5 Å². The number of aryl methyl sites for hydroxylation is 1. The molecule has 0 spiro atoms. The van der Waals surface area contributed by atoms with E-state index in [9.17, 15) is 13.6 Å². The van der Waals surface area contributed by atoms with Crippen LogP contribution in [-0.2, 0) is 7.05 Å². The largest absolute Gasteiger partial charge is 0.324 e. The van der Waals surface area contributed by atoms with Gasteiger partial charge < -0.3 is 10.2 Å². The number of amides is 2. The van der Waals surface area contributed by atoms with E-state index in [1.165, 1.54) is 12.1 Å². The second-order valence-electron chi connectivity index (χ2n) is 8.88. The zero-order chi connectivity index (χ0) is 24.8. The number of nitrogens with one attached hydrogen (secondary N) is 1. The Labute approximate surface area is 205 Å². The van der Waals surface area contributed by atoms with Crippen molar-refractivity contribution in [2.45, 2.75) is 6.42 Å². The lowest BCUT2D eigenvalue weighted by molar-refractivity contribution is 0.181. The molecular weight excluding hydrogens is 462 g/mol. The highest BCUT2D eigenvalue weighted by molar-refractivity contribution is 5.92. The number of rotatable bonds is 4. The summed E-state index contributed by atoms with van der Waals surface area (Å²) in [7, 11) is 1.87. The van der Waals surface area contributed by atoms with Gasteiger partial charge in [-0.05, 0) is 60.0 Å². The Morgan fingerprint density at radius 1 is 0.944 bits per heavy atom. The van der Waals surface area contributed by atoms with Gasteiger partial charge in [-0.25, -0.2) is 18.6 Å². The summed E-state index contributed by atoms with van der Waals surface area (Å²) in [5, 5.41) is 7.15. The predicted octanol–water partition coefficient (Wildman–Crippen LogP) is 5.58. The van der Waals surface area contributed by atoms with E-state index in [2.05, 4.69) is 15.4 Å². The van der Waals surface area contributed by atoms with Gasteiger partial charge in [-0.1, -0.05) is 0 Å². The van der Waals surface area contributed by atoms with Crippen LogP contribution in [0.5, 0.6) is 0 Å². The molecule has 180 valence electrons. The highest BCUT2D eigenvalue weighted by Crippen LogP contribution is 2.33. The number of urea groups is 1. The molecule has 2 aromatic carbocycles. The van der Waals surface area contributed by atoms with Crippen LogP contribution in [0.15, 0.2) is 73.3 Å². The molecule has 2 amide bonds. The molecule has 9 heteroatoms. The lowest BCUT2D eigenvalue weighted by Gasteiger charge is -2.30. The van der Waals surface area contributed by atoms with Gasteiger partial charge in [-0.15, -0.1) is 0 Å². The smallest absolute Gasteiger partial charge is 0.321 e. The molecule has 3 aromatic heterocycles. The number of hydrogen-bond donors (Lipinski definition) is 1. The number of pyridine rings is 1. The Kier molecular flexibility index (Phi) is 5.25. The molecule has 1 N–H and O–H groups in total. The summed E-state index contributed by atoms with van der Waals surface area (Å²) >= 11 is 0. The highest BCUT2D eigenvalue weighted by Gasteiger charge is 2.21. The quantitative estimate of drug-likeness (QED) is 0.362. The molecule has 7 nitrogen and oxygen atoms in total. The number of carbonyl (C=O) groups excluding carboxylic acids is 1. The summed E-state index contributed by atoms with van der Waals surface area (Å²) in [4.78, 5) is 18.9. The number of likely N-dealkylation sites (tertiary alicyclic amines) is 1. The molecule has 5 aromatic rings. The third-order valence-electron chi connectivity index (χ3n) is 6.42. The Balaban J connectivity index is 1.44. The fourth-order valence-corrected chi connectivity index (χ4v) is 4.39. The second kappa shape index (κ2) is 8.60. The molecular formula is C27H22F2N6O. The van der Waals surface area contributed by atoms with Crippen LogP contribution in [0.1, 0.15) is 6.42 Å². The zero-order valence-corrected chi connectivity index (χ0v) is 19.4. The molecule has 0 unspecified atom stereocenters. The SMILES string of the molecule is Cn1cc(-c2ccn3c(-c4cc(NC(=O)N5CCC5)cc(-c5ccc(F)cc5F)c4)cnc3c2)cn1. The van der Waals surface area contributed by atoms with Gasteiger partial charge in [-0.3, -0.25) is 9.08 Å². The average Bonchev–Trinajstić information content (AvgIpc) is 3.43. The summed E-state index contributed by atoms with van der Waals surface area (Å²) in [6, 6.07) is 12.6. The summed E-state index contributed by atoms with van der Waals surface area (Å²) in [6.45, 7) is 1.41. The molecule has 1 aliphatic rings. The molecule has 36 heavy (non-hydrogen) atoms. The van der Waals surface area contributed by atoms with Crippen LogP contribution in [0, 0.1) is 11.6 Å². The highest BCUT2D eigenvalue weighted by atomic mass is 19.1. The first-order chi connectivity index (χ1) is 17.4. The predicted molar refractivity (Wildman–Crippen MR) is 133 cm³/mol. The molecule has 0 bridgehead atoms. The van der Waals surface area contributed by atoms with Gasteiger partial charge in [0.25, 0.3) is 0 Å². The third-order valence-corrected chi connectivity index (χ3v) is 6.42. The number of carbonyl (C=O) groups is 1. The number of aromatic nitrogens is 4. The van der Waals surface area contributed by atoms with Crippen LogP contribution in [0.25, 0.3) is 39.2 Å². The van der Waals surface area contributed by atoms with Crippen molar-refractivity contribution in [3.63, 3.8) is 0 Å². The first-order valence-electron chi connectivity index (χ1n) is 11.6. The first kappa shape index (κ1) is 22.0. The molecule has 1 fully saturated rings. The van der Waals surface area contributed by atoms with Crippen LogP contribution < -0.4 is 5.32 Å². The average molecular weight is 485 g/mol. The molecule has 0 aliphatic carbocycles. The maximum absolute atomic E-state index is 14.7. The maximum atomic E-state index is 14.7. The molecule has 6 rings (SSSR count). The summed E-state index contributed by atoms with van der Waals surface area (Å²) < 4.78 is 31.9. The number of benzene rings is 2. The minimum Gasteiger partial charge on any atom is -0.324 e. The van der Waals surface area contributed by atoms with Crippen molar-refractivity contribution in [3.8, 4) is 33.5 Å². The van der Waals surface area contributed by atoms with E-state index in [4.69, 9.17) is 0 Å². The van der Waals surface area contributed by atoms with Gasteiger partial charge in [-0.2, -0.15) is 5.10 Å². The third kappa shape index (κ3) is 3.98. The van der Waals surface area contributed by atoms with Gasteiger partial charge in [0.15, 0.2) is 0 Å². The van der Waals surface area contributed by atoms with Crippen LogP contribution in [0.3, 0.4) is 0 Å². The molecule has 0 radical (unpaired) electrons. The molecule has 0 saturated carbocycles. The Morgan fingerprint density at radius 2 is 1.78 bits per heavy atom. The molecule has 0 atom stereocenters. The monoisotopic (exact) mass is 484 g/mol. The standard InChI is InChI=1S/C27H22F2N6O/c1-33-16-20(14-31-33)17-5-8-35-25(15-30-26(35)12-17)19-9-18(23-4-3-21(28)13-24(23)29)10-22(11-19)32-27(36)34-6-2-7-34/h3-5,8-16H,2,6-7H2,1H3,(H,32,36). The number of imidazole rings is 1. The molecule has 1 saturated heterocycles. The number of halogens is 2. The number of fused-ring (bicyclic) bond motifs is 1. The molecule has 1 aliphatic heterocycles. The fraction of sp³-hybridized carbons (Fsp3) is 0.148. The summed E-state index contributed by atoms with van der Waals surface area (Å²) in [5.74, 6) is -1.32. The van der Waals surface area contributed by atoms with Crippen molar-refractivity contribution in [2.75, 3.05) is 18.4 Å². The first-order valence-corrected chi connectivity index (χ1v) is 11.6. The number of hydrogen-bond acceptors (Lipinski definition) is 3. The molecule has 4 heterocycles. The van der Waals surface area contributed by atoms with Gasteiger partial charge in [0.2, 0.25) is 0 Å². The fourth-order valence-electron chi connectivity index (χ4n) is 4.39. The normalized spacial score (nSPS) is 13.1. The van der Waals surface area contributed by atoms with Crippen molar-refractivity contribution < 1.29 is 13.6 Å². The van der Waals surface area contributed by atoms with Crippen molar-refractivity contribution >= 4 is 17.4 Å². The minimum absolute atomic E-state index is 0.205. The van der Waals surface area contributed by atoms with E-state index < -0.39 is 11.6 Å². The van der Waals surface area contributed by atoms with Crippen LogP contribution in [-0.4, -0.2) is 43.2 Å². The van der Waals surface area contributed by atoms with Crippen molar-refractivity contribution in [2.24, 2.45) is 7.05 Å². The lowest BCUT2D eigenvalue weighted by atomic mass is 10.00. The Morgan fingerprint density at radius 3 is 2.50 bits per heavy atom. The van der Waals surface area contributed by atoms with Crippen molar-refractivity contribution in [1.82, 2.24) is 24.1 Å². The van der Waals surface area contributed by atoms with Gasteiger partial charge in [0.05, 0.1) is 18.1 Å². The Bertz CT molecular complexity index is 1620. The zero-order valence-electron chi connectivity index (χ0n) is 19.4. The van der Waals surface area contributed by atoms with Crippen molar-refractivity contribution in [3.05, 3.63) is 85.0 Å². The van der Waals surface area contributed by atoms with Gasteiger partial charge in [0.1, 0.15) is 17.3 Å². The van der Waals surface area contributed by atoms with E-state index in [1.54, 1.807) is 28.0 Å². The summed E-state index contributed by atoms with van der Waals surface area (Å²) in [5.41, 5.74) is 5.48. The minimum atomic E-state index is -0.675. The van der Waals surface area contributed by atoms with Crippen LogP contribution in [0.4, 0.5) is 19.3 Å². The van der Waals surface area contributed by atoms with E-state index >= 15 is 0 Å². The number of anilines is 1. The Hall–Kier alpha value is -4.53. The van der Waals surface area contributed by atoms with Gasteiger partial charge >= 0.3 is 6.03 Å². The second-order valence-corrected chi connectivity index (χ2v) is 8.88. The van der Waals surface area contributed by atoms with E-state index in [0.29, 0.717) is 24.3 Å². The van der Waals surface area contributed by atoms with E-state index in [-0.39, 0.29) is 11.6 Å². The van der Waals surface area contributed by atoms with Crippen LogP contribution in [0.2, 0.25) is 0 Å².